The van der Waals surface area contributed by atoms with E-state index in [1.165, 1.54) is 16.7 Å². The molecule has 2 N–H and O–H groups in total. The Morgan fingerprint density at radius 2 is 1.65 bits per heavy atom. The van der Waals surface area contributed by atoms with Crippen molar-refractivity contribution in [2.75, 3.05) is 17.2 Å². The smallest absolute Gasteiger partial charge is 0.132 e. The van der Waals surface area contributed by atoms with E-state index < -0.39 is 0 Å². The van der Waals surface area contributed by atoms with Gasteiger partial charge in [-0.05, 0) is 49.1 Å². The average molecular weight is 367 g/mol. The lowest BCUT2D eigenvalue weighted by Crippen LogP contribution is -2.09. The van der Waals surface area contributed by atoms with E-state index in [9.17, 15) is 0 Å². The summed E-state index contributed by atoms with van der Waals surface area (Å²) in [6.45, 7) is 5.55. The zero-order valence-electron chi connectivity index (χ0n) is 15.1. The predicted molar refractivity (Wildman–Crippen MR) is 109 cm³/mol. The first-order valence-electron chi connectivity index (χ1n) is 8.72. The summed E-state index contributed by atoms with van der Waals surface area (Å²) in [7, 11) is 0. The average Bonchev–Trinajstić information content (AvgIpc) is 2.61. The molecule has 0 spiro atoms. The SMILES string of the molecule is Cc1nc(NCCc2cccc(Cl)c2)cc(NCc2ccccc2C)n1. The molecule has 0 saturated heterocycles. The van der Waals surface area contributed by atoms with Crippen LogP contribution in [-0.2, 0) is 13.0 Å². The van der Waals surface area contributed by atoms with Gasteiger partial charge in [0.15, 0.2) is 0 Å². The van der Waals surface area contributed by atoms with Crippen molar-refractivity contribution in [1.29, 1.82) is 0 Å². The third-order valence-corrected chi connectivity index (χ3v) is 4.40. The van der Waals surface area contributed by atoms with Gasteiger partial charge in [-0.15, -0.1) is 0 Å². The molecule has 5 heteroatoms. The number of halogens is 1. The first-order chi connectivity index (χ1) is 12.6. The van der Waals surface area contributed by atoms with Crippen molar-refractivity contribution in [3.63, 3.8) is 0 Å². The molecule has 4 nitrogen and oxygen atoms in total. The number of rotatable bonds is 7. The van der Waals surface area contributed by atoms with Crippen molar-refractivity contribution >= 4 is 23.2 Å². The van der Waals surface area contributed by atoms with Gasteiger partial charge in [-0.2, -0.15) is 0 Å². The second kappa shape index (κ2) is 8.68. The lowest BCUT2D eigenvalue weighted by molar-refractivity contribution is 0.974. The maximum Gasteiger partial charge on any atom is 0.132 e. The van der Waals surface area contributed by atoms with Crippen molar-refractivity contribution in [2.45, 2.75) is 26.8 Å². The molecule has 0 saturated carbocycles. The molecule has 26 heavy (non-hydrogen) atoms. The Hall–Kier alpha value is -2.59. The largest absolute Gasteiger partial charge is 0.370 e. The molecule has 1 aromatic heterocycles. The number of hydrogen-bond acceptors (Lipinski definition) is 4. The van der Waals surface area contributed by atoms with Gasteiger partial charge in [-0.3, -0.25) is 0 Å². The molecule has 3 rings (SSSR count). The monoisotopic (exact) mass is 366 g/mol. The van der Waals surface area contributed by atoms with Crippen LogP contribution in [-0.4, -0.2) is 16.5 Å². The van der Waals surface area contributed by atoms with Crippen molar-refractivity contribution < 1.29 is 0 Å². The molecule has 2 aromatic carbocycles. The van der Waals surface area contributed by atoms with E-state index in [2.05, 4.69) is 57.9 Å². The number of aromatic nitrogens is 2. The first-order valence-corrected chi connectivity index (χ1v) is 9.10. The number of nitrogens with zero attached hydrogens (tertiary/aromatic N) is 2. The second-order valence-electron chi connectivity index (χ2n) is 6.27. The summed E-state index contributed by atoms with van der Waals surface area (Å²) in [6.07, 6.45) is 0.885. The van der Waals surface area contributed by atoms with Crippen LogP contribution in [0.3, 0.4) is 0 Å². The van der Waals surface area contributed by atoms with E-state index in [4.69, 9.17) is 11.6 Å². The molecule has 0 fully saturated rings. The number of aryl methyl sites for hydroxylation is 2. The van der Waals surface area contributed by atoms with Crippen molar-refractivity contribution in [1.82, 2.24) is 9.97 Å². The first kappa shape index (κ1) is 18.2. The quantitative estimate of drug-likeness (QED) is 0.616. The van der Waals surface area contributed by atoms with Crippen molar-refractivity contribution in [3.8, 4) is 0 Å². The summed E-state index contributed by atoms with van der Waals surface area (Å²) >= 11 is 6.03. The third-order valence-electron chi connectivity index (χ3n) is 4.17. The fourth-order valence-corrected chi connectivity index (χ4v) is 2.98. The van der Waals surface area contributed by atoms with Crippen LogP contribution >= 0.6 is 11.6 Å². The van der Waals surface area contributed by atoms with Gasteiger partial charge >= 0.3 is 0 Å². The molecule has 0 unspecified atom stereocenters. The van der Waals surface area contributed by atoms with E-state index in [0.29, 0.717) is 0 Å². The van der Waals surface area contributed by atoms with Crippen LogP contribution in [0.25, 0.3) is 0 Å². The van der Waals surface area contributed by atoms with Gasteiger partial charge in [0.1, 0.15) is 17.5 Å². The Morgan fingerprint density at radius 3 is 2.42 bits per heavy atom. The van der Waals surface area contributed by atoms with E-state index >= 15 is 0 Å². The van der Waals surface area contributed by atoms with Crippen LogP contribution < -0.4 is 10.6 Å². The highest BCUT2D eigenvalue weighted by atomic mass is 35.5. The molecule has 0 atom stereocenters. The highest BCUT2D eigenvalue weighted by molar-refractivity contribution is 6.30. The second-order valence-corrected chi connectivity index (χ2v) is 6.71. The van der Waals surface area contributed by atoms with Gasteiger partial charge in [0.25, 0.3) is 0 Å². The Bertz CT molecular complexity index is 879. The van der Waals surface area contributed by atoms with Gasteiger partial charge in [0.05, 0.1) is 0 Å². The Labute approximate surface area is 159 Å². The molecular weight excluding hydrogens is 344 g/mol. The Morgan fingerprint density at radius 1 is 0.885 bits per heavy atom. The molecule has 0 aliphatic carbocycles. The summed E-state index contributed by atoms with van der Waals surface area (Å²) in [5.41, 5.74) is 3.73. The summed E-state index contributed by atoms with van der Waals surface area (Å²) in [6, 6.07) is 18.2. The zero-order valence-corrected chi connectivity index (χ0v) is 15.8. The molecule has 0 aliphatic heterocycles. The maximum atomic E-state index is 6.03. The van der Waals surface area contributed by atoms with Gasteiger partial charge in [-0.1, -0.05) is 48.0 Å². The molecule has 0 amide bonds. The fraction of sp³-hybridized carbons (Fsp3) is 0.238. The Balaban J connectivity index is 1.59. The number of nitrogens with one attached hydrogen (secondary N) is 2. The molecule has 0 aliphatic rings. The van der Waals surface area contributed by atoms with Gasteiger partial charge in [0, 0.05) is 24.2 Å². The Kier molecular flexibility index (Phi) is 6.08. The van der Waals surface area contributed by atoms with Crippen LogP contribution in [0.2, 0.25) is 5.02 Å². The minimum atomic E-state index is 0.741. The lowest BCUT2D eigenvalue weighted by atomic mass is 10.1. The molecular formula is C21H23ClN4. The highest BCUT2D eigenvalue weighted by Gasteiger charge is 2.03. The fourth-order valence-electron chi connectivity index (χ4n) is 2.77. The van der Waals surface area contributed by atoms with Gasteiger partial charge in [0.2, 0.25) is 0 Å². The molecule has 0 radical (unpaired) electrons. The van der Waals surface area contributed by atoms with Crippen LogP contribution in [0.5, 0.6) is 0 Å². The van der Waals surface area contributed by atoms with Crippen LogP contribution in [0.4, 0.5) is 11.6 Å². The van der Waals surface area contributed by atoms with Gasteiger partial charge in [-0.25, -0.2) is 9.97 Å². The predicted octanol–water partition coefficient (Wildman–Crippen LogP) is 5.01. The molecule has 3 aromatic rings. The minimum absolute atomic E-state index is 0.741. The maximum absolute atomic E-state index is 6.03. The number of anilines is 2. The normalized spacial score (nSPS) is 10.6. The number of hydrogen-bond donors (Lipinski definition) is 2. The van der Waals surface area contributed by atoms with Crippen molar-refractivity contribution in [3.05, 3.63) is 82.1 Å². The summed E-state index contributed by atoms with van der Waals surface area (Å²) in [4.78, 5) is 8.94. The highest BCUT2D eigenvalue weighted by Crippen LogP contribution is 2.15. The molecule has 134 valence electrons. The molecule has 0 bridgehead atoms. The zero-order chi connectivity index (χ0) is 18.4. The molecule has 1 heterocycles. The van der Waals surface area contributed by atoms with Crippen LogP contribution in [0.1, 0.15) is 22.5 Å². The van der Waals surface area contributed by atoms with Crippen LogP contribution in [0, 0.1) is 13.8 Å². The lowest BCUT2D eigenvalue weighted by Gasteiger charge is -2.11. The summed E-state index contributed by atoms with van der Waals surface area (Å²) in [5, 5.41) is 7.53. The number of benzene rings is 2. The topological polar surface area (TPSA) is 49.8 Å². The van der Waals surface area contributed by atoms with E-state index in [1.807, 2.05) is 31.2 Å². The summed E-state index contributed by atoms with van der Waals surface area (Å²) in [5.74, 6) is 2.39. The standard InChI is InChI=1S/C21H23ClN4/c1-15-6-3-4-8-18(15)14-24-21-13-20(25-16(2)26-21)23-11-10-17-7-5-9-19(22)12-17/h3-9,12-13H,10-11,14H2,1-2H3,(H2,23,24,25,26). The van der Waals surface area contributed by atoms with Crippen LogP contribution in [0.15, 0.2) is 54.6 Å². The summed E-state index contributed by atoms with van der Waals surface area (Å²) < 4.78 is 0. The van der Waals surface area contributed by atoms with Crippen molar-refractivity contribution in [2.24, 2.45) is 0 Å². The minimum Gasteiger partial charge on any atom is -0.370 e. The van der Waals surface area contributed by atoms with E-state index in [1.54, 1.807) is 0 Å². The third kappa shape index (κ3) is 5.20. The van der Waals surface area contributed by atoms with E-state index in [-0.39, 0.29) is 0 Å². The van der Waals surface area contributed by atoms with E-state index in [0.717, 1.165) is 42.0 Å². The van der Waals surface area contributed by atoms with Gasteiger partial charge < -0.3 is 10.6 Å².